The molecule has 2 nitrogen and oxygen atoms in total. The Hall–Kier alpha value is -1.35. The van der Waals surface area contributed by atoms with Crippen molar-refractivity contribution in [3.8, 4) is 10.4 Å². The average molecular weight is 232 g/mol. The van der Waals surface area contributed by atoms with Crippen molar-refractivity contribution in [3.63, 3.8) is 0 Å². The number of aromatic nitrogens is 1. The first-order chi connectivity index (χ1) is 7.58. The topological polar surface area (TPSA) is 38.9 Å². The molecular formula is C13H16N2S. The lowest BCUT2D eigenvalue weighted by Crippen LogP contribution is -1.84. The summed E-state index contributed by atoms with van der Waals surface area (Å²) in [5.41, 5.74) is 8.80. The van der Waals surface area contributed by atoms with Crippen LogP contribution in [-0.4, -0.2) is 4.98 Å². The van der Waals surface area contributed by atoms with E-state index in [4.69, 9.17) is 5.73 Å². The molecule has 1 aromatic heterocycles. The second-order valence-electron chi connectivity index (χ2n) is 4.24. The fraction of sp³-hybridized carbons (Fsp3) is 0.308. The number of nitrogens with zero attached hydrogens (tertiary/aromatic N) is 1. The second kappa shape index (κ2) is 4.26. The number of nitrogen functional groups attached to an aromatic ring is 1. The van der Waals surface area contributed by atoms with Gasteiger partial charge in [-0.15, -0.1) is 11.3 Å². The van der Waals surface area contributed by atoms with Gasteiger partial charge in [0.2, 0.25) is 0 Å². The van der Waals surface area contributed by atoms with Gasteiger partial charge in [-0.3, -0.25) is 0 Å². The molecule has 0 unspecified atom stereocenters. The van der Waals surface area contributed by atoms with Crippen LogP contribution in [0.15, 0.2) is 24.3 Å². The maximum Gasteiger partial charge on any atom is 0.0959 e. The summed E-state index contributed by atoms with van der Waals surface area (Å²) in [6, 6.07) is 7.98. The normalized spacial score (nSPS) is 11.0. The number of nitrogens with two attached hydrogens (primary N) is 1. The molecule has 2 rings (SSSR count). The highest BCUT2D eigenvalue weighted by Gasteiger charge is 2.11. The first-order valence-corrected chi connectivity index (χ1v) is 6.23. The van der Waals surface area contributed by atoms with Gasteiger partial charge >= 0.3 is 0 Å². The fourth-order valence-electron chi connectivity index (χ4n) is 1.57. The number of anilines is 1. The van der Waals surface area contributed by atoms with Crippen LogP contribution in [0, 0.1) is 6.92 Å². The zero-order valence-electron chi connectivity index (χ0n) is 9.82. The highest BCUT2D eigenvalue weighted by Crippen LogP contribution is 2.33. The second-order valence-corrected chi connectivity index (χ2v) is 5.27. The Labute approximate surface area is 100 Å². The summed E-state index contributed by atoms with van der Waals surface area (Å²) in [6.45, 7) is 6.41. The number of aryl methyl sites for hydroxylation is 1. The summed E-state index contributed by atoms with van der Waals surface area (Å²) >= 11 is 1.77. The van der Waals surface area contributed by atoms with Gasteiger partial charge in [0.25, 0.3) is 0 Å². The summed E-state index contributed by atoms with van der Waals surface area (Å²) in [4.78, 5) is 5.85. The molecule has 1 aromatic carbocycles. The maximum absolute atomic E-state index is 5.68. The molecule has 2 aromatic rings. The van der Waals surface area contributed by atoms with Gasteiger partial charge in [0.1, 0.15) is 0 Å². The van der Waals surface area contributed by atoms with Gasteiger partial charge in [-0.1, -0.05) is 26.0 Å². The van der Waals surface area contributed by atoms with Gasteiger partial charge in [0, 0.05) is 11.6 Å². The predicted molar refractivity (Wildman–Crippen MR) is 70.8 cm³/mol. The lowest BCUT2D eigenvalue weighted by molar-refractivity contribution is 0.847. The number of thiazole rings is 1. The van der Waals surface area contributed by atoms with E-state index in [0.29, 0.717) is 5.92 Å². The van der Waals surface area contributed by atoms with E-state index in [-0.39, 0.29) is 0 Å². The van der Waals surface area contributed by atoms with Gasteiger partial charge < -0.3 is 5.73 Å². The molecule has 0 aliphatic rings. The predicted octanol–water partition coefficient (Wildman–Crippen LogP) is 3.82. The number of hydrogen-bond acceptors (Lipinski definition) is 3. The lowest BCUT2D eigenvalue weighted by atomic mass is 10.1. The molecule has 0 saturated carbocycles. The molecular weight excluding hydrogens is 216 g/mol. The van der Waals surface area contributed by atoms with E-state index in [9.17, 15) is 0 Å². The van der Waals surface area contributed by atoms with Gasteiger partial charge in [-0.25, -0.2) is 4.98 Å². The molecule has 1 heterocycles. The lowest BCUT2D eigenvalue weighted by Gasteiger charge is -1.99. The third kappa shape index (κ3) is 2.09. The third-order valence-corrected chi connectivity index (χ3v) is 3.99. The molecule has 0 aliphatic carbocycles. The first kappa shape index (κ1) is 11.1. The van der Waals surface area contributed by atoms with E-state index >= 15 is 0 Å². The average Bonchev–Trinajstić information content (AvgIpc) is 2.62. The van der Waals surface area contributed by atoms with Crippen LogP contribution < -0.4 is 5.73 Å². The van der Waals surface area contributed by atoms with Crippen LogP contribution in [0.2, 0.25) is 0 Å². The molecule has 0 bridgehead atoms. The Morgan fingerprint density at radius 2 is 1.81 bits per heavy atom. The van der Waals surface area contributed by atoms with Gasteiger partial charge in [0.05, 0.1) is 15.6 Å². The minimum atomic E-state index is 0.492. The smallest absolute Gasteiger partial charge is 0.0959 e. The number of hydrogen-bond donors (Lipinski definition) is 1. The molecule has 16 heavy (non-hydrogen) atoms. The van der Waals surface area contributed by atoms with Crippen molar-refractivity contribution in [2.45, 2.75) is 26.7 Å². The van der Waals surface area contributed by atoms with Crippen LogP contribution in [0.25, 0.3) is 10.4 Å². The monoisotopic (exact) mass is 232 g/mol. The molecule has 0 aliphatic heterocycles. The fourth-order valence-corrected chi connectivity index (χ4v) is 2.64. The van der Waals surface area contributed by atoms with Crippen LogP contribution in [0.4, 0.5) is 5.69 Å². The Morgan fingerprint density at radius 3 is 2.31 bits per heavy atom. The maximum atomic E-state index is 5.68. The molecule has 0 fully saturated rings. The van der Waals surface area contributed by atoms with E-state index < -0.39 is 0 Å². The Bertz CT molecular complexity index is 483. The van der Waals surface area contributed by atoms with Crippen molar-refractivity contribution in [1.29, 1.82) is 0 Å². The molecule has 84 valence electrons. The van der Waals surface area contributed by atoms with E-state index in [2.05, 4.69) is 37.9 Å². The molecule has 2 N–H and O–H groups in total. The Balaban J connectivity index is 2.44. The molecule has 0 radical (unpaired) electrons. The largest absolute Gasteiger partial charge is 0.399 e. The van der Waals surface area contributed by atoms with Gasteiger partial charge in [-0.05, 0) is 24.6 Å². The van der Waals surface area contributed by atoms with E-state index in [1.165, 1.54) is 15.4 Å². The van der Waals surface area contributed by atoms with E-state index in [1.54, 1.807) is 11.3 Å². The Morgan fingerprint density at radius 1 is 1.19 bits per heavy atom. The van der Waals surface area contributed by atoms with Crippen LogP contribution in [-0.2, 0) is 0 Å². The summed E-state index contributed by atoms with van der Waals surface area (Å²) in [5, 5.41) is 1.20. The standard InChI is InChI=1S/C13H16N2S/c1-8(2)13-15-9(3)12(16-13)10-4-6-11(14)7-5-10/h4-8H,14H2,1-3H3. The SMILES string of the molecule is Cc1nc(C(C)C)sc1-c1ccc(N)cc1. The molecule has 0 spiro atoms. The Kier molecular flexibility index (Phi) is 2.97. The van der Waals surface area contributed by atoms with Crippen LogP contribution in [0.1, 0.15) is 30.5 Å². The van der Waals surface area contributed by atoms with Crippen molar-refractivity contribution in [2.24, 2.45) is 0 Å². The molecule has 3 heteroatoms. The van der Waals surface area contributed by atoms with Gasteiger partial charge in [-0.2, -0.15) is 0 Å². The van der Waals surface area contributed by atoms with Crippen LogP contribution in [0.5, 0.6) is 0 Å². The third-order valence-electron chi connectivity index (χ3n) is 2.48. The first-order valence-electron chi connectivity index (χ1n) is 5.41. The summed E-state index contributed by atoms with van der Waals surface area (Å²) in [6.07, 6.45) is 0. The quantitative estimate of drug-likeness (QED) is 0.799. The summed E-state index contributed by atoms with van der Waals surface area (Å²) in [5.74, 6) is 0.492. The van der Waals surface area contributed by atoms with Crippen molar-refractivity contribution in [3.05, 3.63) is 35.0 Å². The molecule has 0 atom stereocenters. The summed E-state index contributed by atoms with van der Waals surface area (Å²) < 4.78 is 0. The van der Waals surface area contributed by atoms with Gasteiger partial charge in [0.15, 0.2) is 0 Å². The van der Waals surface area contributed by atoms with Crippen molar-refractivity contribution in [2.75, 3.05) is 5.73 Å². The van der Waals surface area contributed by atoms with Crippen molar-refractivity contribution < 1.29 is 0 Å². The summed E-state index contributed by atoms with van der Waals surface area (Å²) in [7, 11) is 0. The number of benzene rings is 1. The zero-order chi connectivity index (χ0) is 11.7. The minimum Gasteiger partial charge on any atom is -0.399 e. The van der Waals surface area contributed by atoms with Crippen molar-refractivity contribution >= 4 is 17.0 Å². The zero-order valence-corrected chi connectivity index (χ0v) is 10.6. The van der Waals surface area contributed by atoms with Crippen LogP contribution in [0.3, 0.4) is 0 Å². The molecule has 0 saturated heterocycles. The minimum absolute atomic E-state index is 0.492. The highest BCUT2D eigenvalue weighted by atomic mass is 32.1. The number of rotatable bonds is 2. The molecule has 0 amide bonds. The van der Waals surface area contributed by atoms with Crippen molar-refractivity contribution in [1.82, 2.24) is 4.98 Å². The van der Waals surface area contributed by atoms with E-state index in [0.717, 1.165) is 11.4 Å². The van der Waals surface area contributed by atoms with E-state index in [1.807, 2.05) is 12.1 Å². The highest BCUT2D eigenvalue weighted by molar-refractivity contribution is 7.15. The van der Waals surface area contributed by atoms with Crippen LogP contribution >= 0.6 is 11.3 Å².